The Bertz CT molecular complexity index is 702. The van der Waals surface area contributed by atoms with Crippen molar-refractivity contribution in [3.63, 3.8) is 0 Å². The van der Waals surface area contributed by atoms with Crippen LogP contribution in [0.25, 0.3) is 0 Å². The molecule has 0 aliphatic rings. The molecule has 0 bridgehead atoms. The molecule has 0 aliphatic heterocycles. The maximum Gasteiger partial charge on any atom is 0.103 e. The third kappa shape index (κ3) is 27.4. The number of hydrogen-bond acceptors (Lipinski definition) is 2. The van der Waals surface area contributed by atoms with Gasteiger partial charge in [-0.2, -0.15) is 0 Å². The smallest absolute Gasteiger partial charge is 0.103 e. The largest absolute Gasteiger partial charge is 0.469 e. The quantitative estimate of drug-likeness (QED) is 0.0854. The van der Waals surface area contributed by atoms with Gasteiger partial charge in [0.15, 0.2) is 0 Å². The van der Waals surface area contributed by atoms with E-state index in [2.05, 4.69) is 26.0 Å². The molecule has 0 unspecified atom stereocenters. The van der Waals surface area contributed by atoms with Crippen molar-refractivity contribution in [1.29, 1.82) is 0 Å². The van der Waals surface area contributed by atoms with Crippen molar-refractivity contribution < 1.29 is 8.83 Å². The van der Waals surface area contributed by atoms with Crippen LogP contribution in [0.4, 0.5) is 0 Å². The SMILES string of the molecule is CCCCCCCCCCCCCCCCCc1ccco1.CCCCCCCCCCCCCCCc1ccco1. The molecule has 0 N–H and O–H groups in total. The Balaban J connectivity index is 0.000000422. The fraction of sp³-hybridized carbons (Fsp3) is 0.800. The summed E-state index contributed by atoms with van der Waals surface area (Å²) < 4.78 is 10.7. The van der Waals surface area contributed by atoms with E-state index in [9.17, 15) is 0 Å². The molecule has 244 valence electrons. The highest BCUT2D eigenvalue weighted by atomic mass is 16.3. The molecule has 2 heterocycles. The summed E-state index contributed by atoms with van der Waals surface area (Å²) in [6.45, 7) is 4.58. The highest BCUT2D eigenvalue weighted by molar-refractivity contribution is 4.98. The lowest BCUT2D eigenvalue weighted by Gasteiger charge is -2.03. The lowest BCUT2D eigenvalue weighted by molar-refractivity contribution is 0.488. The highest BCUT2D eigenvalue weighted by Gasteiger charge is 1.98. The molecular formula is C40H72O2. The minimum absolute atomic E-state index is 1.12. The van der Waals surface area contributed by atoms with Crippen molar-refractivity contribution in [2.75, 3.05) is 0 Å². The molecule has 0 atom stereocenters. The van der Waals surface area contributed by atoms with Crippen LogP contribution in [0.3, 0.4) is 0 Å². The minimum atomic E-state index is 1.12. The van der Waals surface area contributed by atoms with Gasteiger partial charge in [-0.3, -0.25) is 0 Å². The average Bonchev–Trinajstić information content (AvgIpc) is 3.73. The monoisotopic (exact) mass is 585 g/mol. The van der Waals surface area contributed by atoms with Crippen LogP contribution in [0.5, 0.6) is 0 Å². The van der Waals surface area contributed by atoms with Gasteiger partial charge < -0.3 is 8.83 Å². The molecule has 0 spiro atoms. The van der Waals surface area contributed by atoms with E-state index in [0.717, 1.165) is 24.4 Å². The average molecular weight is 585 g/mol. The van der Waals surface area contributed by atoms with E-state index in [0.29, 0.717) is 0 Å². The maximum absolute atomic E-state index is 5.35. The second-order valence-electron chi connectivity index (χ2n) is 12.9. The summed E-state index contributed by atoms with van der Waals surface area (Å²) in [6, 6.07) is 8.14. The zero-order chi connectivity index (χ0) is 30.0. The van der Waals surface area contributed by atoms with Gasteiger partial charge in [-0.25, -0.2) is 0 Å². The summed E-state index contributed by atoms with van der Waals surface area (Å²) in [5.41, 5.74) is 0. The molecule has 42 heavy (non-hydrogen) atoms. The van der Waals surface area contributed by atoms with E-state index in [1.54, 1.807) is 12.5 Å². The van der Waals surface area contributed by atoms with Gasteiger partial charge in [0.05, 0.1) is 12.5 Å². The van der Waals surface area contributed by atoms with Gasteiger partial charge >= 0.3 is 0 Å². The van der Waals surface area contributed by atoms with Crippen LogP contribution in [0.2, 0.25) is 0 Å². The molecule has 0 amide bonds. The summed E-state index contributed by atoms with van der Waals surface area (Å²) in [5.74, 6) is 2.29. The third-order valence-electron chi connectivity index (χ3n) is 8.71. The number of furan rings is 2. The second-order valence-corrected chi connectivity index (χ2v) is 12.9. The molecule has 2 aromatic heterocycles. The van der Waals surface area contributed by atoms with Gasteiger partial charge in [0.2, 0.25) is 0 Å². The fourth-order valence-electron chi connectivity index (χ4n) is 5.90. The van der Waals surface area contributed by atoms with Crippen LogP contribution in [-0.4, -0.2) is 0 Å². The normalized spacial score (nSPS) is 11.1. The van der Waals surface area contributed by atoms with E-state index < -0.39 is 0 Å². The van der Waals surface area contributed by atoms with Crippen LogP contribution < -0.4 is 0 Å². The zero-order valence-electron chi connectivity index (χ0n) is 28.5. The van der Waals surface area contributed by atoms with E-state index in [1.165, 1.54) is 180 Å². The Morgan fingerprint density at radius 2 is 0.571 bits per heavy atom. The van der Waals surface area contributed by atoms with Gasteiger partial charge in [-0.15, -0.1) is 0 Å². The zero-order valence-corrected chi connectivity index (χ0v) is 28.5. The lowest BCUT2D eigenvalue weighted by atomic mass is 10.0. The first-order chi connectivity index (χ1) is 20.9. The number of hydrogen-bond donors (Lipinski definition) is 0. The molecule has 2 nitrogen and oxygen atoms in total. The summed E-state index contributed by atoms with van der Waals surface area (Å²) in [5, 5.41) is 0. The van der Waals surface area contributed by atoms with Crippen LogP contribution in [0.1, 0.15) is 205 Å². The van der Waals surface area contributed by atoms with Crippen molar-refractivity contribution in [1.82, 2.24) is 0 Å². The fourth-order valence-corrected chi connectivity index (χ4v) is 5.90. The first-order valence-electron chi connectivity index (χ1n) is 18.9. The topological polar surface area (TPSA) is 26.3 Å². The van der Waals surface area contributed by atoms with E-state index in [-0.39, 0.29) is 0 Å². The van der Waals surface area contributed by atoms with Crippen molar-refractivity contribution in [3.8, 4) is 0 Å². The molecule has 0 saturated carbocycles. The van der Waals surface area contributed by atoms with Gasteiger partial charge in [-0.1, -0.05) is 181 Å². The van der Waals surface area contributed by atoms with Gasteiger partial charge in [0.1, 0.15) is 11.5 Å². The highest BCUT2D eigenvalue weighted by Crippen LogP contribution is 2.15. The van der Waals surface area contributed by atoms with Crippen molar-refractivity contribution in [2.24, 2.45) is 0 Å². The van der Waals surface area contributed by atoms with E-state index in [1.807, 2.05) is 12.1 Å². The number of rotatable bonds is 30. The predicted molar refractivity (Wildman–Crippen MR) is 185 cm³/mol. The standard InChI is InChI=1S/C21H38O.C19H34O/c1-2-3-4-5-6-7-8-9-10-11-12-13-14-15-16-18-21-19-17-20-22-21;1-2-3-4-5-6-7-8-9-10-11-12-13-14-16-19-17-15-18-20-19/h17,19-20H,2-16,18H2,1H3;15,17-18H,2-14,16H2,1H3. The molecule has 0 radical (unpaired) electrons. The summed E-state index contributed by atoms with van der Waals surface area (Å²) >= 11 is 0. The van der Waals surface area contributed by atoms with Gasteiger partial charge in [-0.05, 0) is 37.1 Å². The van der Waals surface area contributed by atoms with Crippen LogP contribution in [0.15, 0.2) is 45.6 Å². The minimum Gasteiger partial charge on any atom is -0.469 e. The Labute approximate surface area is 263 Å². The van der Waals surface area contributed by atoms with Crippen LogP contribution in [-0.2, 0) is 12.8 Å². The lowest BCUT2D eigenvalue weighted by Crippen LogP contribution is -1.85. The molecule has 2 heteroatoms. The summed E-state index contributed by atoms with van der Waals surface area (Å²) in [7, 11) is 0. The van der Waals surface area contributed by atoms with Gasteiger partial charge in [0.25, 0.3) is 0 Å². The molecule has 0 aromatic carbocycles. The molecular weight excluding hydrogens is 512 g/mol. The van der Waals surface area contributed by atoms with Crippen LogP contribution in [0, 0.1) is 0 Å². The number of aryl methyl sites for hydroxylation is 2. The van der Waals surface area contributed by atoms with Crippen molar-refractivity contribution in [2.45, 2.75) is 206 Å². The Kier molecular flexibility index (Phi) is 29.8. The van der Waals surface area contributed by atoms with E-state index >= 15 is 0 Å². The number of unbranched alkanes of at least 4 members (excludes halogenated alkanes) is 26. The van der Waals surface area contributed by atoms with E-state index in [4.69, 9.17) is 8.83 Å². The molecule has 2 rings (SSSR count). The maximum atomic E-state index is 5.35. The Morgan fingerprint density at radius 1 is 0.333 bits per heavy atom. The molecule has 0 aliphatic carbocycles. The second kappa shape index (κ2) is 32.5. The molecule has 0 fully saturated rings. The predicted octanol–water partition coefficient (Wildman–Crippen LogP) is 14.6. The summed E-state index contributed by atoms with van der Waals surface area (Å²) in [6.07, 6.45) is 45.6. The van der Waals surface area contributed by atoms with Crippen LogP contribution >= 0.6 is 0 Å². The first-order valence-corrected chi connectivity index (χ1v) is 18.9. The Morgan fingerprint density at radius 3 is 0.786 bits per heavy atom. The summed E-state index contributed by atoms with van der Waals surface area (Å²) in [4.78, 5) is 0. The van der Waals surface area contributed by atoms with Crippen molar-refractivity contribution in [3.05, 3.63) is 48.3 Å². The first kappa shape index (κ1) is 38.6. The Hall–Kier alpha value is -1.44. The molecule has 2 aromatic rings. The van der Waals surface area contributed by atoms with Gasteiger partial charge in [0, 0.05) is 12.8 Å². The molecule has 0 saturated heterocycles. The third-order valence-corrected chi connectivity index (χ3v) is 8.71. The van der Waals surface area contributed by atoms with Crippen molar-refractivity contribution >= 4 is 0 Å².